The zero-order chi connectivity index (χ0) is 9.07. The van der Waals surface area contributed by atoms with E-state index in [1.165, 1.54) is 0 Å². The van der Waals surface area contributed by atoms with Gasteiger partial charge in [-0.15, -0.1) is 0 Å². The van der Waals surface area contributed by atoms with Gasteiger partial charge in [-0.2, -0.15) is 13.2 Å². The molecule has 0 aliphatic carbocycles. The van der Waals surface area contributed by atoms with Crippen LogP contribution in [-0.2, 0) is 4.74 Å². The summed E-state index contributed by atoms with van der Waals surface area (Å²) in [4.78, 5) is 0. The second-order valence-electron chi connectivity index (χ2n) is 2.48. The Morgan fingerprint density at radius 1 is 1.27 bits per heavy atom. The number of methoxy groups -OCH3 is 1. The quantitative estimate of drug-likeness (QED) is 0.650. The molecule has 1 atom stereocenters. The smallest absolute Gasteiger partial charge is 0.357 e. The first-order chi connectivity index (χ1) is 4.88. The van der Waals surface area contributed by atoms with Gasteiger partial charge in [0, 0.05) is 13.2 Å². The zero-order valence-corrected chi connectivity index (χ0v) is 6.70. The molecule has 11 heavy (non-hydrogen) atoms. The van der Waals surface area contributed by atoms with Crippen molar-refractivity contribution in [3.63, 3.8) is 0 Å². The summed E-state index contributed by atoms with van der Waals surface area (Å²) in [6.45, 7) is 3.25. The lowest BCUT2D eigenvalue weighted by atomic mass is 10.4. The van der Waals surface area contributed by atoms with E-state index in [0.717, 1.165) is 7.11 Å². The van der Waals surface area contributed by atoms with Gasteiger partial charge in [0.1, 0.15) is 0 Å². The van der Waals surface area contributed by atoms with Gasteiger partial charge in [0.15, 0.2) is 0 Å². The number of hydrogen-bond acceptors (Lipinski definition) is 2. The minimum absolute atomic E-state index is 0.249. The van der Waals surface area contributed by atoms with Gasteiger partial charge in [0.05, 0.1) is 0 Å². The molecule has 0 radical (unpaired) electrons. The Bertz CT molecular complexity index is 113. The fourth-order valence-corrected chi connectivity index (χ4v) is 0.599. The van der Waals surface area contributed by atoms with Crippen LogP contribution in [0, 0.1) is 0 Å². The number of nitrogens with one attached hydrogen (secondary N) is 1. The Morgan fingerprint density at radius 2 is 1.73 bits per heavy atom. The number of halogens is 3. The lowest BCUT2D eigenvalue weighted by Gasteiger charge is -2.21. The average Bonchev–Trinajstić information content (AvgIpc) is 1.79. The van der Waals surface area contributed by atoms with Crippen LogP contribution in [0.25, 0.3) is 0 Å². The highest BCUT2D eigenvalue weighted by atomic mass is 19.4. The zero-order valence-electron chi connectivity index (χ0n) is 6.70. The van der Waals surface area contributed by atoms with E-state index in [0.29, 0.717) is 0 Å². The SMILES string of the molecule is COC(NC(C)C)C(F)(F)F. The second-order valence-corrected chi connectivity index (χ2v) is 2.48. The lowest BCUT2D eigenvalue weighted by Crippen LogP contribution is -2.46. The molecule has 0 amide bonds. The molecule has 2 nitrogen and oxygen atoms in total. The predicted octanol–water partition coefficient (Wildman–Crippen LogP) is 1.52. The van der Waals surface area contributed by atoms with Crippen molar-refractivity contribution in [1.29, 1.82) is 0 Å². The molecular formula is C6H12F3NO. The monoisotopic (exact) mass is 171 g/mol. The largest absolute Gasteiger partial charge is 0.428 e. The molecule has 0 saturated heterocycles. The predicted molar refractivity (Wildman–Crippen MR) is 35.1 cm³/mol. The maximum absolute atomic E-state index is 11.9. The van der Waals surface area contributed by atoms with Crippen molar-refractivity contribution in [2.75, 3.05) is 7.11 Å². The van der Waals surface area contributed by atoms with Crippen LogP contribution in [0.5, 0.6) is 0 Å². The van der Waals surface area contributed by atoms with Gasteiger partial charge in [0.25, 0.3) is 0 Å². The molecule has 0 aliphatic rings. The lowest BCUT2D eigenvalue weighted by molar-refractivity contribution is -0.224. The van der Waals surface area contributed by atoms with Crippen molar-refractivity contribution in [1.82, 2.24) is 5.32 Å². The van der Waals surface area contributed by atoms with Crippen LogP contribution in [-0.4, -0.2) is 25.6 Å². The maximum atomic E-state index is 11.9. The summed E-state index contributed by atoms with van der Waals surface area (Å²) in [5.41, 5.74) is 0. The molecule has 0 aromatic heterocycles. The maximum Gasteiger partial charge on any atom is 0.428 e. The molecule has 0 rings (SSSR count). The van der Waals surface area contributed by atoms with Crippen molar-refractivity contribution in [2.45, 2.75) is 32.3 Å². The van der Waals surface area contributed by atoms with Crippen molar-refractivity contribution < 1.29 is 17.9 Å². The van der Waals surface area contributed by atoms with Gasteiger partial charge in [-0.3, -0.25) is 5.32 Å². The molecule has 0 aromatic rings. The molecule has 0 fully saturated rings. The Balaban J connectivity index is 3.96. The van der Waals surface area contributed by atoms with E-state index in [9.17, 15) is 13.2 Å². The van der Waals surface area contributed by atoms with Crippen LogP contribution in [0.15, 0.2) is 0 Å². The molecular weight excluding hydrogens is 159 g/mol. The standard InChI is InChI=1S/C6H12F3NO/c1-4(2)10-5(11-3)6(7,8)9/h4-5,10H,1-3H3. The Hall–Kier alpha value is -0.290. The minimum atomic E-state index is -4.33. The highest BCUT2D eigenvalue weighted by Crippen LogP contribution is 2.20. The third-order valence-electron chi connectivity index (χ3n) is 1.02. The number of ether oxygens (including phenoxy) is 1. The number of hydrogen-bond donors (Lipinski definition) is 1. The summed E-state index contributed by atoms with van der Waals surface area (Å²) in [5.74, 6) is 0. The van der Waals surface area contributed by atoms with E-state index in [1.807, 2.05) is 0 Å². The molecule has 0 aliphatic heterocycles. The topological polar surface area (TPSA) is 21.3 Å². The van der Waals surface area contributed by atoms with Gasteiger partial charge in [-0.05, 0) is 13.8 Å². The third kappa shape index (κ3) is 4.21. The molecule has 0 bridgehead atoms. The van der Waals surface area contributed by atoms with Crippen LogP contribution < -0.4 is 5.32 Å². The third-order valence-corrected chi connectivity index (χ3v) is 1.02. The van der Waals surface area contributed by atoms with Gasteiger partial charge in [-0.1, -0.05) is 0 Å². The first kappa shape index (κ1) is 10.7. The molecule has 1 unspecified atom stereocenters. The Morgan fingerprint density at radius 3 is 1.82 bits per heavy atom. The van der Waals surface area contributed by atoms with Crippen LogP contribution in [0.1, 0.15) is 13.8 Å². The van der Waals surface area contributed by atoms with E-state index in [4.69, 9.17) is 0 Å². The van der Waals surface area contributed by atoms with Crippen LogP contribution in [0.3, 0.4) is 0 Å². The summed E-state index contributed by atoms with van der Waals surface area (Å²) in [5, 5.41) is 2.22. The summed E-state index contributed by atoms with van der Waals surface area (Å²) in [7, 11) is 1.02. The van der Waals surface area contributed by atoms with Crippen molar-refractivity contribution >= 4 is 0 Å². The minimum Gasteiger partial charge on any atom is -0.357 e. The molecule has 68 valence electrons. The van der Waals surface area contributed by atoms with E-state index < -0.39 is 12.4 Å². The normalized spacial score (nSPS) is 15.5. The molecule has 1 N–H and O–H groups in total. The highest BCUT2D eigenvalue weighted by Gasteiger charge is 2.40. The summed E-state index contributed by atoms with van der Waals surface area (Å²) in [6.07, 6.45) is -6.19. The van der Waals surface area contributed by atoms with E-state index >= 15 is 0 Å². The van der Waals surface area contributed by atoms with E-state index in [1.54, 1.807) is 13.8 Å². The second kappa shape index (κ2) is 3.92. The molecule has 0 aromatic carbocycles. The molecule has 0 spiro atoms. The van der Waals surface area contributed by atoms with E-state index in [2.05, 4.69) is 10.1 Å². The number of rotatable bonds is 3. The fraction of sp³-hybridized carbons (Fsp3) is 1.00. The van der Waals surface area contributed by atoms with Crippen LogP contribution in [0.2, 0.25) is 0 Å². The summed E-state index contributed by atoms with van der Waals surface area (Å²) < 4.78 is 39.9. The van der Waals surface area contributed by atoms with Crippen molar-refractivity contribution in [2.24, 2.45) is 0 Å². The molecule has 0 saturated carbocycles. The van der Waals surface area contributed by atoms with Crippen LogP contribution in [0.4, 0.5) is 13.2 Å². The van der Waals surface area contributed by atoms with Crippen molar-refractivity contribution in [3.8, 4) is 0 Å². The van der Waals surface area contributed by atoms with Gasteiger partial charge in [0.2, 0.25) is 6.23 Å². The van der Waals surface area contributed by atoms with Gasteiger partial charge >= 0.3 is 6.18 Å². The van der Waals surface area contributed by atoms with Crippen LogP contribution >= 0.6 is 0 Å². The van der Waals surface area contributed by atoms with Gasteiger partial charge < -0.3 is 4.74 Å². The first-order valence-corrected chi connectivity index (χ1v) is 3.23. The number of alkyl halides is 3. The molecule has 5 heteroatoms. The Labute approximate surface area is 63.7 Å². The summed E-state index contributed by atoms with van der Waals surface area (Å²) in [6, 6.07) is -0.249. The summed E-state index contributed by atoms with van der Waals surface area (Å²) >= 11 is 0. The van der Waals surface area contributed by atoms with Crippen molar-refractivity contribution in [3.05, 3.63) is 0 Å². The Kier molecular flexibility index (Phi) is 3.82. The fourth-order valence-electron chi connectivity index (χ4n) is 0.599. The average molecular weight is 171 g/mol. The first-order valence-electron chi connectivity index (χ1n) is 3.23. The van der Waals surface area contributed by atoms with Gasteiger partial charge in [-0.25, -0.2) is 0 Å². The molecule has 0 heterocycles. The van der Waals surface area contributed by atoms with E-state index in [-0.39, 0.29) is 6.04 Å². The highest BCUT2D eigenvalue weighted by molar-refractivity contribution is 4.66.